The minimum Gasteiger partial charge on any atom is -0.322 e. The van der Waals surface area contributed by atoms with E-state index in [1.54, 1.807) is 18.3 Å². The molecule has 0 unspecified atom stereocenters. The van der Waals surface area contributed by atoms with Crippen LogP contribution in [0.1, 0.15) is 35.7 Å². The number of aryl methyl sites for hydroxylation is 1. The summed E-state index contributed by atoms with van der Waals surface area (Å²) in [4.78, 5) is 16.1. The Balaban J connectivity index is 2.01. The maximum absolute atomic E-state index is 12.1. The maximum Gasteiger partial charge on any atom is 0.255 e. The Bertz CT molecular complexity index is 581. The van der Waals surface area contributed by atoms with Gasteiger partial charge in [-0.1, -0.05) is 25.5 Å². The first-order valence-corrected chi connectivity index (χ1v) is 7.50. The average Bonchev–Trinajstić information content (AvgIpc) is 2.46. The maximum atomic E-state index is 12.1. The molecule has 0 aliphatic carbocycles. The minimum absolute atomic E-state index is 0.130. The smallest absolute Gasteiger partial charge is 0.255 e. The number of hydrogen-bond acceptors (Lipinski definition) is 2. The number of carbonyl (C=O) groups is 1. The Morgan fingerprint density at radius 3 is 2.65 bits per heavy atom. The van der Waals surface area contributed by atoms with Crippen LogP contribution in [0.4, 0.5) is 5.69 Å². The second-order valence-electron chi connectivity index (χ2n) is 4.62. The lowest BCUT2D eigenvalue weighted by molar-refractivity contribution is 0.102. The number of benzene rings is 1. The lowest BCUT2D eigenvalue weighted by atomic mass is 10.1. The molecule has 0 aliphatic heterocycles. The normalized spacial score (nSPS) is 10.3. The molecule has 1 amide bonds. The van der Waals surface area contributed by atoms with Gasteiger partial charge >= 0.3 is 0 Å². The van der Waals surface area contributed by atoms with E-state index in [-0.39, 0.29) is 5.91 Å². The van der Waals surface area contributed by atoms with E-state index in [9.17, 15) is 4.79 Å². The molecule has 0 fully saturated rings. The summed E-state index contributed by atoms with van der Waals surface area (Å²) in [5.41, 5.74) is 2.70. The third kappa shape index (κ3) is 4.17. The molecule has 3 nitrogen and oxygen atoms in total. The number of aromatic nitrogens is 1. The molecule has 1 N–H and O–H groups in total. The van der Waals surface area contributed by atoms with Gasteiger partial charge in [0.15, 0.2) is 0 Å². The van der Waals surface area contributed by atoms with Gasteiger partial charge in [-0.05, 0) is 58.6 Å². The quantitative estimate of drug-likeness (QED) is 0.822. The second kappa shape index (κ2) is 7.20. The predicted molar refractivity (Wildman–Crippen MR) is 84.9 cm³/mol. The standard InChI is InChI=1S/C16H17BrN2O/c1-2-3-4-12-5-7-14(8-6-12)19-16(20)13-9-10-18-15(17)11-13/h5-11H,2-4H2,1H3,(H,19,20). The zero-order valence-electron chi connectivity index (χ0n) is 11.4. The summed E-state index contributed by atoms with van der Waals surface area (Å²) < 4.78 is 0.653. The van der Waals surface area contributed by atoms with E-state index in [0.29, 0.717) is 10.2 Å². The number of carbonyl (C=O) groups excluding carboxylic acids is 1. The lowest BCUT2D eigenvalue weighted by Gasteiger charge is -2.06. The molecule has 2 aromatic rings. The highest BCUT2D eigenvalue weighted by Gasteiger charge is 2.06. The van der Waals surface area contributed by atoms with Gasteiger partial charge in [0.05, 0.1) is 0 Å². The molecule has 104 valence electrons. The van der Waals surface area contributed by atoms with Crippen LogP contribution < -0.4 is 5.32 Å². The number of nitrogens with one attached hydrogen (secondary N) is 1. The van der Waals surface area contributed by atoms with Crippen molar-refractivity contribution < 1.29 is 4.79 Å². The molecule has 20 heavy (non-hydrogen) atoms. The fraction of sp³-hybridized carbons (Fsp3) is 0.250. The summed E-state index contributed by atoms with van der Waals surface area (Å²) in [5, 5.41) is 2.88. The van der Waals surface area contributed by atoms with Gasteiger partial charge in [-0.2, -0.15) is 0 Å². The average molecular weight is 333 g/mol. The fourth-order valence-corrected chi connectivity index (χ4v) is 2.25. The summed E-state index contributed by atoms with van der Waals surface area (Å²) >= 11 is 3.26. The van der Waals surface area contributed by atoms with E-state index in [1.807, 2.05) is 12.1 Å². The van der Waals surface area contributed by atoms with Crippen LogP contribution in [0.25, 0.3) is 0 Å². The highest BCUT2D eigenvalue weighted by Crippen LogP contribution is 2.14. The molecule has 1 aromatic carbocycles. The Hall–Kier alpha value is -1.68. The van der Waals surface area contributed by atoms with E-state index < -0.39 is 0 Å². The van der Waals surface area contributed by atoms with E-state index in [1.165, 1.54) is 18.4 Å². The molecule has 1 aromatic heterocycles. The van der Waals surface area contributed by atoms with Gasteiger partial charge in [-0.15, -0.1) is 0 Å². The van der Waals surface area contributed by atoms with E-state index >= 15 is 0 Å². The first kappa shape index (κ1) is 14.7. The number of pyridine rings is 1. The van der Waals surface area contributed by atoms with Crippen molar-refractivity contribution in [3.63, 3.8) is 0 Å². The summed E-state index contributed by atoms with van der Waals surface area (Å²) in [7, 11) is 0. The van der Waals surface area contributed by atoms with Crippen LogP contribution in [0.3, 0.4) is 0 Å². The van der Waals surface area contributed by atoms with Crippen molar-refractivity contribution in [2.24, 2.45) is 0 Å². The van der Waals surface area contributed by atoms with E-state index in [0.717, 1.165) is 12.1 Å². The minimum atomic E-state index is -0.130. The molecular weight excluding hydrogens is 316 g/mol. The van der Waals surface area contributed by atoms with Crippen molar-refractivity contribution in [3.05, 3.63) is 58.3 Å². The third-order valence-electron chi connectivity index (χ3n) is 3.02. The molecule has 0 spiro atoms. The van der Waals surface area contributed by atoms with Gasteiger partial charge in [0.1, 0.15) is 4.60 Å². The predicted octanol–water partition coefficient (Wildman–Crippen LogP) is 4.44. The SMILES string of the molecule is CCCCc1ccc(NC(=O)c2ccnc(Br)c2)cc1. The van der Waals surface area contributed by atoms with Gasteiger partial charge in [0.25, 0.3) is 5.91 Å². The molecule has 0 atom stereocenters. The van der Waals surface area contributed by atoms with Crippen LogP contribution in [-0.4, -0.2) is 10.9 Å². The van der Waals surface area contributed by atoms with Crippen LogP contribution in [0.5, 0.6) is 0 Å². The van der Waals surface area contributed by atoms with Gasteiger partial charge in [0, 0.05) is 17.4 Å². The van der Waals surface area contributed by atoms with Crippen molar-refractivity contribution in [2.45, 2.75) is 26.2 Å². The molecule has 0 saturated carbocycles. The summed E-state index contributed by atoms with van der Waals surface area (Å²) in [5.74, 6) is -0.130. The highest BCUT2D eigenvalue weighted by molar-refractivity contribution is 9.10. The summed E-state index contributed by atoms with van der Waals surface area (Å²) in [6.07, 6.45) is 5.07. The molecule has 0 aliphatic rings. The number of rotatable bonds is 5. The number of nitrogens with zero attached hydrogens (tertiary/aromatic N) is 1. The van der Waals surface area contributed by atoms with E-state index in [4.69, 9.17) is 0 Å². The van der Waals surface area contributed by atoms with Crippen LogP contribution in [0.15, 0.2) is 47.2 Å². The molecular formula is C16H17BrN2O. The summed E-state index contributed by atoms with van der Waals surface area (Å²) in [6, 6.07) is 11.4. The van der Waals surface area contributed by atoms with Gasteiger partial charge in [-0.25, -0.2) is 4.98 Å². The van der Waals surface area contributed by atoms with Crippen LogP contribution in [0.2, 0.25) is 0 Å². The Kier molecular flexibility index (Phi) is 5.30. The van der Waals surface area contributed by atoms with Crippen molar-refractivity contribution in [1.29, 1.82) is 0 Å². The topological polar surface area (TPSA) is 42.0 Å². The Morgan fingerprint density at radius 1 is 1.25 bits per heavy atom. The number of anilines is 1. The number of amides is 1. The van der Waals surface area contributed by atoms with Crippen LogP contribution in [0, 0.1) is 0 Å². The number of halogens is 1. The van der Waals surface area contributed by atoms with E-state index in [2.05, 4.69) is 45.3 Å². The van der Waals surface area contributed by atoms with Crippen molar-refractivity contribution in [1.82, 2.24) is 4.98 Å². The molecule has 0 radical (unpaired) electrons. The number of hydrogen-bond donors (Lipinski definition) is 1. The van der Waals surface area contributed by atoms with Crippen molar-refractivity contribution in [3.8, 4) is 0 Å². The zero-order chi connectivity index (χ0) is 14.4. The van der Waals surface area contributed by atoms with Crippen LogP contribution >= 0.6 is 15.9 Å². The monoisotopic (exact) mass is 332 g/mol. The molecule has 0 saturated heterocycles. The molecule has 2 rings (SSSR count). The third-order valence-corrected chi connectivity index (χ3v) is 3.45. The Labute approximate surface area is 127 Å². The fourth-order valence-electron chi connectivity index (χ4n) is 1.88. The Morgan fingerprint density at radius 2 is 2.00 bits per heavy atom. The lowest BCUT2D eigenvalue weighted by Crippen LogP contribution is -2.11. The van der Waals surface area contributed by atoms with Crippen molar-refractivity contribution in [2.75, 3.05) is 5.32 Å². The first-order valence-electron chi connectivity index (χ1n) is 6.71. The number of unbranched alkanes of at least 4 members (excludes halogenated alkanes) is 1. The van der Waals surface area contributed by atoms with Crippen molar-refractivity contribution >= 4 is 27.5 Å². The zero-order valence-corrected chi connectivity index (χ0v) is 13.0. The second-order valence-corrected chi connectivity index (χ2v) is 5.43. The molecule has 4 heteroatoms. The molecule has 1 heterocycles. The largest absolute Gasteiger partial charge is 0.322 e. The van der Waals surface area contributed by atoms with Gasteiger partial charge in [0.2, 0.25) is 0 Å². The van der Waals surface area contributed by atoms with Crippen LogP contribution in [-0.2, 0) is 6.42 Å². The van der Waals surface area contributed by atoms with Gasteiger partial charge in [-0.3, -0.25) is 4.79 Å². The summed E-state index contributed by atoms with van der Waals surface area (Å²) in [6.45, 7) is 2.18. The first-order chi connectivity index (χ1) is 9.69. The highest BCUT2D eigenvalue weighted by atomic mass is 79.9. The van der Waals surface area contributed by atoms with Gasteiger partial charge < -0.3 is 5.32 Å². The molecule has 0 bridgehead atoms.